The first-order chi connectivity index (χ1) is 11.1. The Kier molecular flexibility index (Phi) is 6.01. The zero-order valence-electron chi connectivity index (χ0n) is 14.2. The first kappa shape index (κ1) is 17.3. The molecule has 0 spiro atoms. The van der Waals surface area contributed by atoms with E-state index in [1.165, 1.54) is 0 Å². The van der Waals surface area contributed by atoms with Crippen LogP contribution >= 0.6 is 0 Å². The van der Waals surface area contributed by atoms with Gasteiger partial charge in [-0.25, -0.2) is 0 Å². The predicted molar refractivity (Wildman–Crippen MR) is 88.7 cm³/mol. The molecular formula is C17H25N3O3. The van der Waals surface area contributed by atoms with E-state index in [2.05, 4.69) is 10.00 Å². The molecule has 1 aromatic carbocycles. The Bertz CT molecular complexity index is 640. The topological polar surface area (TPSA) is 59.8 Å². The van der Waals surface area contributed by atoms with Crippen molar-refractivity contribution < 1.29 is 14.6 Å². The van der Waals surface area contributed by atoms with Crippen LogP contribution in [0.2, 0.25) is 0 Å². The number of aliphatic hydroxyl groups is 1. The zero-order chi connectivity index (χ0) is 16.8. The number of rotatable bonds is 8. The van der Waals surface area contributed by atoms with Crippen molar-refractivity contribution in [2.45, 2.75) is 20.0 Å². The standard InChI is InChI=1S/C17H25N3O3/c1-13-15(10-18-19(13)2)12-20(7-8-21)11-14-9-16(22-3)5-6-17(14)23-4/h5-6,9-10,21H,7-8,11-12H2,1-4H3. The van der Waals surface area contributed by atoms with Crippen LogP contribution in [0, 0.1) is 6.92 Å². The van der Waals surface area contributed by atoms with Crippen LogP contribution in [0.5, 0.6) is 11.5 Å². The Balaban J connectivity index is 2.20. The summed E-state index contributed by atoms with van der Waals surface area (Å²) < 4.78 is 12.6. The SMILES string of the molecule is COc1ccc(OC)c(CN(CCO)Cc2cnn(C)c2C)c1. The monoisotopic (exact) mass is 319 g/mol. The quantitative estimate of drug-likeness (QED) is 0.803. The highest BCUT2D eigenvalue weighted by atomic mass is 16.5. The molecule has 2 rings (SSSR count). The average Bonchev–Trinajstić information content (AvgIpc) is 2.87. The molecule has 0 saturated heterocycles. The Morgan fingerprint density at radius 3 is 2.48 bits per heavy atom. The third-order valence-corrected chi connectivity index (χ3v) is 4.03. The minimum Gasteiger partial charge on any atom is -0.497 e. The van der Waals surface area contributed by atoms with E-state index in [4.69, 9.17) is 9.47 Å². The van der Waals surface area contributed by atoms with Gasteiger partial charge in [0.2, 0.25) is 0 Å². The molecule has 0 amide bonds. The second-order valence-corrected chi connectivity index (χ2v) is 5.49. The fraction of sp³-hybridized carbons (Fsp3) is 0.471. The predicted octanol–water partition coefficient (Wildman–Crippen LogP) is 1.74. The molecule has 0 saturated carbocycles. The third kappa shape index (κ3) is 4.24. The number of aryl methyl sites for hydroxylation is 1. The normalized spacial score (nSPS) is 11.0. The minimum absolute atomic E-state index is 0.103. The van der Waals surface area contributed by atoms with Gasteiger partial charge in [0.25, 0.3) is 0 Å². The van der Waals surface area contributed by atoms with E-state index in [0.29, 0.717) is 13.1 Å². The van der Waals surface area contributed by atoms with Crippen molar-refractivity contribution >= 4 is 0 Å². The molecule has 0 unspecified atom stereocenters. The van der Waals surface area contributed by atoms with E-state index in [0.717, 1.165) is 34.9 Å². The van der Waals surface area contributed by atoms with Gasteiger partial charge in [-0.15, -0.1) is 0 Å². The summed E-state index contributed by atoms with van der Waals surface area (Å²) in [5.74, 6) is 1.61. The van der Waals surface area contributed by atoms with E-state index < -0.39 is 0 Å². The Labute approximate surface area is 137 Å². The van der Waals surface area contributed by atoms with Crippen molar-refractivity contribution in [3.63, 3.8) is 0 Å². The summed E-state index contributed by atoms with van der Waals surface area (Å²) in [7, 11) is 5.24. The molecule has 1 N–H and O–H groups in total. The minimum atomic E-state index is 0.103. The molecule has 2 aromatic rings. The van der Waals surface area contributed by atoms with Crippen LogP contribution in [0.3, 0.4) is 0 Å². The first-order valence-corrected chi connectivity index (χ1v) is 7.60. The number of hydrogen-bond acceptors (Lipinski definition) is 5. The number of nitrogens with zero attached hydrogens (tertiary/aromatic N) is 3. The lowest BCUT2D eigenvalue weighted by atomic mass is 10.1. The Morgan fingerprint density at radius 1 is 1.17 bits per heavy atom. The Hall–Kier alpha value is -2.05. The fourth-order valence-corrected chi connectivity index (χ4v) is 2.54. The van der Waals surface area contributed by atoms with Crippen LogP contribution in [0.4, 0.5) is 0 Å². The van der Waals surface area contributed by atoms with Crippen molar-refractivity contribution in [2.75, 3.05) is 27.4 Å². The summed E-state index contributed by atoms with van der Waals surface area (Å²) in [4.78, 5) is 2.17. The maximum Gasteiger partial charge on any atom is 0.123 e. The highest BCUT2D eigenvalue weighted by Gasteiger charge is 2.14. The van der Waals surface area contributed by atoms with Crippen molar-refractivity contribution in [1.82, 2.24) is 14.7 Å². The lowest BCUT2D eigenvalue weighted by Crippen LogP contribution is -2.26. The molecule has 1 heterocycles. The van der Waals surface area contributed by atoms with Gasteiger partial charge >= 0.3 is 0 Å². The molecule has 6 heteroatoms. The first-order valence-electron chi connectivity index (χ1n) is 7.60. The summed E-state index contributed by atoms with van der Waals surface area (Å²) in [5.41, 5.74) is 3.32. The van der Waals surface area contributed by atoms with Gasteiger partial charge in [0.1, 0.15) is 11.5 Å². The molecule has 0 bridgehead atoms. The van der Waals surface area contributed by atoms with Gasteiger partial charge in [-0.1, -0.05) is 0 Å². The van der Waals surface area contributed by atoms with E-state index in [1.54, 1.807) is 14.2 Å². The van der Waals surface area contributed by atoms with Gasteiger partial charge in [0, 0.05) is 43.5 Å². The number of aliphatic hydroxyl groups excluding tert-OH is 1. The van der Waals surface area contributed by atoms with Gasteiger partial charge in [-0.2, -0.15) is 5.10 Å². The number of ether oxygens (including phenoxy) is 2. The van der Waals surface area contributed by atoms with E-state index in [1.807, 2.05) is 43.0 Å². The molecule has 0 fully saturated rings. The molecule has 0 aliphatic rings. The van der Waals surface area contributed by atoms with Crippen molar-refractivity contribution in [3.8, 4) is 11.5 Å². The lowest BCUT2D eigenvalue weighted by molar-refractivity contribution is 0.182. The average molecular weight is 319 g/mol. The van der Waals surface area contributed by atoms with E-state index in [-0.39, 0.29) is 6.61 Å². The highest BCUT2D eigenvalue weighted by molar-refractivity contribution is 5.40. The van der Waals surface area contributed by atoms with Crippen LogP contribution in [0.25, 0.3) is 0 Å². The van der Waals surface area contributed by atoms with Crippen LogP contribution in [-0.2, 0) is 20.1 Å². The maximum absolute atomic E-state index is 9.38. The molecule has 0 atom stereocenters. The molecule has 23 heavy (non-hydrogen) atoms. The molecule has 0 radical (unpaired) electrons. The molecule has 0 aliphatic heterocycles. The number of benzene rings is 1. The second kappa shape index (κ2) is 7.99. The largest absolute Gasteiger partial charge is 0.497 e. The zero-order valence-corrected chi connectivity index (χ0v) is 14.2. The number of hydrogen-bond donors (Lipinski definition) is 1. The molecular weight excluding hydrogens is 294 g/mol. The number of methoxy groups -OCH3 is 2. The van der Waals surface area contributed by atoms with Crippen LogP contribution in [0.1, 0.15) is 16.8 Å². The van der Waals surface area contributed by atoms with Crippen molar-refractivity contribution in [1.29, 1.82) is 0 Å². The fourth-order valence-electron chi connectivity index (χ4n) is 2.54. The summed E-state index contributed by atoms with van der Waals surface area (Å²) in [6.45, 7) is 4.11. The summed E-state index contributed by atoms with van der Waals surface area (Å²) in [6.07, 6.45) is 1.88. The highest BCUT2D eigenvalue weighted by Crippen LogP contribution is 2.26. The van der Waals surface area contributed by atoms with Crippen LogP contribution in [0.15, 0.2) is 24.4 Å². The smallest absolute Gasteiger partial charge is 0.123 e. The third-order valence-electron chi connectivity index (χ3n) is 4.03. The summed E-state index contributed by atoms with van der Waals surface area (Å²) in [5, 5.41) is 13.7. The Morgan fingerprint density at radius 2 is 1.91 bits per heavy atom. The molecule has 0 aliphatic carbocycles. The van der Waals surface area contributed by atoms with Gasteiger partial charge in [-0.3, -0.25) is 9.58 Å². The van der Waals surface area contributed by atoms with Crippen molar-refractivity contribution in [2.24, 2.45) is 7.05 Å². The summed E-state index contributed by atoms with van der Waals surface area (Å²) >= 11 is 0. The second-order valence-electron chi connectivity index (χ2n) is 5.49. The van der Waals surface area contributed by atoms with Gasteiger partial charge in [-0.05, 0) is 25.1 Å². The molecule has 6 nitrogen and oxygen atoms in total. The van der Waals surface area contributed by atoms with Gasteiger partial charge in [0.05, 0.1) is 27.0 Å². The van der Waals surface area contributed by atoms with Gasteiger partial charge in [0.15, 0.2) is 0 Å². The van der Waals surface area contributed by atoms with Gasteiger partial charge < -0.3 is 14.6 Å². The van der Waals surface area contributed by atoms with Crippen LogP contribution in [-0.4, -0.2) is 47.2 Å². The number of aromatic nitrogens is 2. The van der Waals surface area contributed by atoms with E-state index >= 15 is 0 Å². The molecule has 126 valence electrons. The van der Waals surface area contributed by atoms with E-state index in [9.17, 15) is 5.11 Å². The lowest BCUT2D eigenvalue weighted by Gasteiger charge is -2.22. The van der Waals surface area contributed by atoms with Crippen molar-refractivity contribution in [3.05, 3.63) is 41.2 Å². The molecule has 1 aromatic heterocycles. The van der Waals surface area contributed by atoms with Crippen LogP contribution < -0.4 is 9.47 Å². The summed E-state index contributed by atoms with van der Waals surface area (Å²) in [6, 6.07) is 5.75. The maximum atomic E-state index is 9.38.